The topological polar surface area (TPSA) is 105 Å². The average molecular weight is 548 g/mol. The minimum absolute atomic E-state index is 0.154. The molecular formula is C24H17Cl3N4O5. The highest BCUT2D eigenvalue weighted by Gasteiger charge is 2.40. The lowest BCUT2D eigenvalue weighted by Crippen LogP contribution is -2.32. The van der Waals surface area contributed by atoms with Gasteiger partial charge in [-0.3, -0.25) is 4.57 Å². The van der Waals surface area contributed by atoms with Crippen LogP contribution in [-0.4, -0.2) is 50.3 Å². The standard InChI is InChI=1S/C24H17Cl3N4O5/c25-15-5-1-13(2-6-15)23(32)34-10-18-17(36-24(33)14-3-7-16(26)8-4-14)9-19(35-18)31-12-30-20-21(27)28-11-29-22(20)31/h1-8,11-12,17-19H,9-10H2/t17?,18-,19-/m1/s1. The summed E-state index contributed by atoms with van der Waals surface area (Å²) in [6.07, 6.45) is 1.01. The molecule has 0 bridgehead atoms. The van der Waals surface area contributed by atoms with Crippen molar-refractivity contribution in [2.75, 3.05) is 6.61 Å². The molecule has 1 saturated heterocycles. The van der Waals surface area contributed by atoms with Crippen LogP contribution in [0.5, 0.6) is 0 Å². The predicted molar refractivity (Wildman–Crippen MR) is 131 cm³/mol. The summed E-state index contributed by atoms with van der Waals surface area (Å²) in [5.74, 6) is -1.12. The van der Waals surface area contributed by atoms with Crippen molar-refractivity contribution >= 4 is 57.9 Å². The lowest BCUT2D eigenvalue weighted by atomic mass is 10.1. The van der Waals surface area contributed by atoms with Gasteiger partial charge in [0.15, 0.2) is 10.8 Å². The van der Waals surface area contributed by atoms with Crippen LogP contribution in [0.25, 0.3) is 11.2 Å². The molecule has 4 aromatic rings. The number of carbonyl (C=O) groups excluding carboxylic acids is 2. The molecule has 1 unspecified atom stereocenters. The SMILES string of the molecule is O=C(OC[C@H]1O[C@@H](n2cnc3c(Cl)ncnc32)CC1OC(=O)c1ccc(Cl)cc1)c1ccc(Cl)cc1. The Morgan fingerprint density at radius 3 is 2.22 bits per heavy atom. The van der Waals surface area contributed by atoms with Crippen LogP contribution < -0.4 is 0 Å². The monoisotopic (exact) mass is 546 g/mol. The summed E-state index contributed by atoms with van der Waals surface area (Å²) in [4.78, 5) is 37.8. The van der Waals surface area contributed by atoms with Crippen LogP contribution in [-0.2, 0) is 14.2 Å². The van der Waals surface area contributed by atoms with Crippen molar-refractivity contribution in [2.24, 2.45) is 0 Å². The summed E-state index contributed by atoms with van der Waals surface area (Å²) in [7, 11) is 0. The highest BCUT2D eigenvalue weighted by Crippen LogP contribution is 2.34. The largest absolute Gasteiger partial charge is 0.459 e. The first-order valence-corrected chi connectivity index (χ1v) is 11.9. The molecule has 3 heterocycles. The van der Waals surface area contributed by atoms with Gasteiger partial charge in [-0.05, 0) is 48.5 Å². The molecule has 0 N–H and O–H groups in total. The number of esters is 2. The smallest absolute Gasteiger partial charge is 0.338 e. The third-order valence-electron chi connectivity index (χ3n) is 5.60. The van der Waals surface area contributed by atoms with E-state index in [1.54, 1.807) is 53.1 Å². The van der Waals surface area contributed by atoms with Crippen molar-refractivity contribution in [2.45, 2.75) is 24.9 Å². The molecule has 36 heavy (non-hydrogen) atoms. The van der Waals surface area contributed by atoms with Crippen LogP contribution in [0.3, 0.4) is 0 Å². The van der Waals surface area contributed by atoms with Gasteiger partial charge in [0.2, 0.25) is 0 Å². The van der Waals surface area contributed by atoms with Crippen LogP contribution in [0.4, 0.5) is 0 Å². The average Bonchev–Trinajstić information content (AvgIpc) is 3.48. The van der Waals surface area contributed by atoms with Crippen molar-refractivity contribution in [1.82, 2.24) is 19.5 Å². The van der Waals surface area contributed by atoms with E-state index >= 15 is 0 Å². The van der Waals surface area contributed by atoms with E-state index in [-0.39, 0.29) is 18.2 Å². The van der Waals surface area contributed by atoms with Gasteiger partial charge in [0.25, 0.3) is 0 Å². The second kappa shape index (κ2) is 10.4. The van der Waals surface area contributed by atoms with Crippen molar-refractivity contribution in [3.8, 4) is 0 Å². The molecule has 1 fully saturated rings. The molecular weight excluding hydrogens is 531 g/mol. The first kappa shape index (κ1) is 24.5. The first-order chi connectivity index (χ1) is 17.4. The Morgan fingerprint density at radius 2 is 1.56 bits per heavy atom. The predicted octanol–water partition coefficient (Wildman–Crippen LogP) is 5.16. The fraction of sp³-hybridized carbons (Fsp3) is 0.208. The third-order valence-corrected chi connectivity index (χ3v) is 6.38. The minimum atomic E-state index is -0.753. The highest BCUT2D eigenvalue weighted by atomic mass is 35.5. The van der Waals surface area contributed by atoms with E-state index < -0.39 is 30.4 Å². The van der Waals surface area contributed by atoms with E-state index in [9.17, 15) is 9.59 Å². The molecule has 5 rings (SSSR count). The number of carbonyl (C=O) groups is 2. The van der Waals surface area contributed by atoms with E-state index in [1.807, 2.05) is 0 Å². The van der Waals surface area contributed by atoms with Crippen molar-refractivity contribution in [3.05, 3.63) is 87.5 Å². The van der Waals surface area contributed by atoms with Crippen LogP contribution >= 0.6 is 34.8 Å². The molecule has 1 aliphatic heterocycles. The molecule has 2 aromatic heterocycles. The number of benzene rings is 2. The van der Waals surface area contributed by atoms with Crippen LogP contribution in [0.1, 0.15) is 33.4 Å². The number of rotatable bonds is 6. The Morgan fingerprint density at radius 1 is 0.917 bits per heavy atom. The lowest BCUT2D eigenvalue weighted by molar-refractivity contribution is -0.0563. The zero-order valence-electron chi connectivity index (χ0n) is 18.4. The van der Waals surface area contributed by atoms with E-state index in [2.05, 4.69) is 15.0 Å². The summed E-state index contributed by atoms with van der Waals surface area (Å²) >= 11 is 17.9. The Kier molecular flexibility index (Phi) is 7.06. The van der Waals surface area contributed by atoms with Gasteiger partial charge in [0.1, 0.15) is 36.9 Å². The lowest BCUT2D eigenvalue weighted by Gasteiger charge is -2.19. The quantitative estimate of drug-likeness (QED) is 0.241. The molecule has 0 saturated carbocycles. The summed E-state index contributed by atoms with van der Waals surface area (Å²) in [5.41, 5.74) is 1.53. The maximum absolute atomic E-state index is 12.8. The van der Waals surface area contributed by atoms with Gasteiger partial charge in [-0.25, -0.2) is 24.5 Å². The van der Waals surface area contributed by atoms with Gasteiger partial charge in [0, 0.05) is 16.5 Å². The summed E-state index contributed by atoms with van der Waals surface area (Å²) in [6.45, 7) is -0.154. The number of nitrogens with zero attached hydrogens (tertiary/aromatic N) is 4. The van der Waals surface area contributed by atoms with Gasteiger partial charge in [-0.1, -0.05) is 34.8 Å². The Labute approximate surface area is 219 Å². The molecule has 9 nitrogen and oxygen atoms in total. The number of hydrogen-bond acceptors (Lipinski definition) is 8. The van der Waals surface area contributed by atoms with E-state index in [1.165, 1.54) is 12.7 Å². The van der Waals surface area contributed by atoms with Gasteiger partial charge in [-0.2, -0.15) is 0 Å². The van der Waals surface area contributed by atoms with E-state index in [0.717, 1.165) is 0 Å². The number of imidazole rings is 1. The van der Waals surface area contributed by atoms with Gasteiger partial charge < -0.3 is 14.2 Å². The molecule has 184 valence electrons. The van der Waals surface area contributed by atoms with Crippen molar-refractivity contribution in [1.29, 1.82) is 0 Å². The first-order valence-electron chi connectivity index (χ1n) is 10.8. The minimum Gasteiger partial charge on any atom is -0.459 e. The molecule has 0 spiro atoms. The zero-order chi connectivity index (χ0) is 25.2. The van der Waals surface area contributed by atoms with Crippen molar-refractivity contribution < 1.29 is 23.8 Å². The molecule has 3 atom stereocenters. The fourth-order valence-corrected chi connectivity index (χ4v) is 4.23. The molecule has 0 radical (unpaired) electrons. The van der Waals surface area contributed by atoms with Crippen LogP contribution in [0, 0.1) is 0 Å². The fourth-order valence-electron chi connectivity index (χ4n) is 3.80. The number of halogens is 3. The van der Waals surface area contributed by atoms with Gasteiger partial charge >= 0.3 is 11.9 Å². The third kappa shape index (κ3) is 5.15. The summed E-state index contributed by atoms with van der Waals surface area (Å²) in [5, 5.41) is 1.20. The number of hydrogen-bond donors (Lipinski definition) is 0. The summed E-state index contributed by atoms with van der Waals surface area (Å²) < 4.78 is 19.1. The van der Waals surface area contributed by atoms with Crippen LogP contribution in [0.2, 0.25) is 15.2 Å². The zero-order valence-corrected chi connectivity index (χ0v) is 20.7. The Hall–Kier alpha value is -3.24. The normalized spacial score (nSPS) is 19.4. The molecule has 12 heteroatoms. The van der Waals surface area contributed by atoms with Crippen molar-refractivity contribution in [3.63, 3.8) is 0 Å². The second-order valence-corrected chi connectivity index (χ2v) is 9.14. The maximum atomic E-state index is 12.8. The summed E-state index contributed by atoms with van der Waals surface area (Å²) in [6, 6.07) is 12.6. The van der Waals surface area contributed by atoms with Gasteiger partial charge in [0.05, 0.1) is 17.5 Å². The molecule has 2 aromatic carbocycles. The van der Waals surface area contributed by atoms with Gasteiger partial charge in [-0.15, -0.1) is 0 Å². The maximum Gasteiger partial charge on any atom is 0.338 e. The van der Waals surface area contributed by atoms with E-state index in [4.69, 9.17) is 49.0 Å². The number of ether oxygens (including phenoxy) is 3. The highest BCUT2D eigenvalue weighted by molar-refractivity contribution is 6.33. The van der Waals surface area contributed by atoms with Crippen LogP contribution in [0.15, 0.2) is 61.2 Å². The number of fused-ring (bicyclic) bond motifs is 1. The second-order valence-electron chi connectivity index (χ2n) is 7.91. The Balaban J connectivity index is 1.36. The molecule has 0 aliphatic carbocycles. The van der Waals surface area contributed by atoms with E-state index in [0.29, 0.717) is 32.3 Å². The molecule has 1 aliphatic rings. The molecule has 0 amide bonds. The number of aromatic nitrogens is 4. The Bertz CT molecular complexity index is 1410.